The zero-order valence-electron chi connectivity index (χ0n) is 11.3. The monoisotopic (exact) mass is 243 g/mol. The summed E-state index contributed by atoms with van der Waals surface area (Å²) in [5.41, 5.74) is 1.26. The normalized spacial score (nSPS) is 13.1. The molecule has 0 radical (unpaired) electrons. The molecule has 18 heavy (non-hydrogen) atoms. The van der Waals surface area contributed by atoms with Crippen molar-refractivity contribution in [3.63, 3.8) is 0 Å². The molecule has 2 aromatic carbocycles. The van der Waals surface area contributed by atoms with Crippen LogP contribution in [0.2, 0.25) is 0 Å². The lowest BCUT2D eigenvalue weighted by Gasteiger charge is -2.22. The summed E-state index contributed by atoms with van der Waals surface area (Å²) in [6.45, 7) is 4.98. The molecule has 2 heteroatoms. The number of benzene rings is 2. The van der Waals surface area contributed by atoms with Gasteiger partial charge in [0, 0.05) is 6.54 Å². The topological polar surface area (TPSA) is 21.3 Å². The van der Waals surface area contributed by atoms with Crippen LogP contribution in [0.1, 0.15) is 25.5 Å². The predicted molar refractivity (Wildman–Crippen MR) is 76.8 cm³/mol. The lowest BCUT2D eigenvalue weighted by atomic mass is 10.00. The molecule has 0 saturated carbocycles. The van der Waals surface area contributed by atoms with Crippen LogP contribution in [0.25, 0.3) is 10.8 Å². The third kappa shape index (κ3) is 2.89. The van der Waals surface area contributed by atoms with E-state index in [1.165, 1.54) is 16.3 Å². The van der Waals surface area contributed by atoms with Crippen LogP contribution in [-0.4, -0.2) is 19.7 Å². The molecule has 0 aromatic heterocycles. The van der Waals surface area contributed by atoms with Crippen LogP contribution in [0.3, 0.4) is 0 Å². The average Bonchev–Trinajstić information content (AvgIpc) is 2.37. The minimum absolute atomic E-state index is 0.0982. The molecule has 0 spiro atoms. The van der Waals surface area contributed by atoms with Crippen molar-refractivity contribution in [3.8, 4) is 0 Å². The molecule has 0 unspecified atom stereocenters. The number of rotatable bonds is 5. The summed E-state index contributed by atoms with van der Waals surface area (Å²) in [7, 11) is 1.96. The Balaban J connectivity index is 2.43. The maximum Gasteiger partial charge on any atom is 0.0958 e. The fourth-order valence-electron chi connectivity index (χ4n) is 2.28. The minimum Gasteiger partial charge on any atom is -0.370 e. The molecule has 2 nitrogen and oxygen atoms in total. The molecule has 96 valence electrons. The van der Waals surface area contributed by atoms with Crippen LogP contribution in [0.4, 0.5) is 0 Å². The zero-order valence-corrected chi connectivity index (χ0v) is 11.3. The highest BCUT2D eigenvalue weighted by Gasteiger charge is 2.15. The zero-order chi connectivity index (χ0) is 13.0. The van der Waals surface area contributed by atoms with Gasteiger partial charge in [0.05, 0.1) is 12.2 Å². The van der Waals surface area contributed by atoms with Crippen molar-refractivity contribution >= 4 is 10.8 Å². The van der Waals surface area contributed by atoms with Gasteiger partial charge in [0.15, 0.2) is 0 Å². The van der Waals surface area contributed by atoms with Crippen LogP contribution in [0.5, 0.6) is 0 Å². The van der Waals surface area contributed by atoms with Crippen LogP contribution in [-0.2, 0) is 4.74 Å². The molecule has 2 aromatic rings. The first kappa shape index (κ1) is 13.1. The third-order valence-electron chi connectivity index (χ3n) is 3.00. The molecule has 1 atom stereocenters. The number of hydrogen-bond acceptors (Lipinski definition) is 2. The third-order valence-corrected chi connectivity index (χ3v) is 3.00. The van der Waals surface area contributed by atoms with Crippen molar-refractivity contribution in [2.45, 2.75) is 26.1 Å². The summed E-state index contributed by atoms with van der Waals surface area (Å²) in [6.07, 6.45) is 0.323. The Hall–Kier alpha value is -1.38. The first-order chi connectivity index (χ1) is 8.72. The van der Waals surface area contributed by atoms with E-state index >= 15 is 0 Å². The fraction of sp³-hybridized carbons (Fsp3) is 0.375. The first-order valence-corrected chi connectivity index (χ1v) is 6.50. The van der Waals surface area contributed by atoms with Gasteiger partial charge in [-0.3, -0.25) is 0 Å². The highest BCUT2D eigenvalue weighted by atomic mass is 16.5. The van der Waals surface area contributed by atoms with Gasteiger partial charge in [-0.15, -0.1) is 0 Å². The quantitative estimate of drug-likeness (QED) is 0.867. The van der Waals surface area contributed by atoms with Crippen LogP contribution in [0.15, 0.2) is 42.5 Å². The molecule has 0 saturated heterocycles. The first-order valence-electron chi connectivity index (χ1n) is 6.50. The number of likely N-dealkylation sites (N-methyl/N-ethyl adjacent to an activating group) is 1. The van der Waals surface area contributed by atoms with Gasteiger partial charge < -0.3 is 10.1 Å². The lowest BCUT2D eigenvalue weighted by Crippen LogP contribution is -2.22. The Morgan fingerprint density at radius 3 is 2.50 bits per heavy atom. The Bertz CT molecular complexity index is 502. The fourth-order valence-corrected chi connectivity index (χ4v) is 2.28. The van der Waals surface area contributed by atoms with Crippen molar-refractivity contribution < 1.29 is 4.74 Å². The highest BCUT2D eigenvalue weighted by Crippen LogP contribution is 2.27. The second kappa shape index (κ2) is 5.98. The Morgan fingerprint density at radius 2 is 1.78 bits per heavy atom. The molecule has 0 fully saturated rings. The van der Waals surface area contributed by atoms with Gasteiger partial charge in [-0.2, -0.15) is 0 Å². The van der Waals surface area contributed by atoms with E-state index in [-0.39, 0.29) is 12.2 Å². The number of ether oxygens (including phenoxy) is 1. The second-order valence-electron chi connectivity index (χ2n) is 4.80. The Morgan fingerprint density at radius 1 is 1.06 bits per heavy atom. The van der Waals surface area contributed by atoms with Gasteiger partial charge in [-0.25, -0.2) is 0 Å². The molecule has 0 aliphatic rings. The summed E-state index contributed by atoms with van der Waals surface area (Å²) in [5.74, 6) is 0. The molecule has 0 bridgehead atoms. The SMILES string of the molecule is CNC[C@H](OC(C)C)c1cccc2ccccc12. The van der Waals surface area contributed by atoms with Crippen LogP contribution < -0.4 is 5.32 Å². The molecule has 0 aliphatic carbocycles. The summed E-state index contributed by atoms with van der Waals surface area (Å²) in [6, 6.07) is 14.9. The van der Waals surface area contributed by atoms with Gasteiger partial charge in [-0.1, -0.05) is 42.5 Å². The molecule has 0 heterocycles. The van der Waals surface area contributed by atoms with E-state index in [0.29, 0.717) is 0 Å². The lowest BCUT2D eigenvalue weighted by molar-refractivity contribution is 0.00896. The van der Waals surface area contributed by atoms with E-state index in [0.717, 1.165) is 6.54 Å². The molecular weight excluding hydrogens is 222 g/mol. The molecule has 0 aliphatic heterocycles. The maximum absolute atomic E-state index is 6.02. The second-order valence-corrected chi connectivity index (χ2v) is 4.80. The van der Waals surface area contributed by atoms with Gasteiger partial charge in [0.2, 0.25) is 0 Å². The largest absolute Gasteiger partial charge is 0.370 e. The Kier molecular flexibility index (Phi) is 4.34. The van der Waals surface area contributed by atoms with Crippen molar-refractivity contribution in [3.05, 3.63) is 48.0 Å². The van der Waals surface area contributed by atoms with E-state index in [4.69, 9.17) is 4.74 Å². The van der Waals surface area contributed by atoms with E-state index in [1.807, 2.05) is 7.05 Å². The van der Waals surface area contributed by atoms with Crippen LogP contribution in [0, 0.1) is 0 Å². The van der Waals surface area contributed by atoms with Gasteiger partial charge in [0.1, 0.15) is 0 Å². The van der Waals surface area contributed by atoms with E-state index in [2.05, 4.69) is 61.6 Å². The van der Waals surface area contributed by atoms with Crippen molar-refractivity contribution in [1.29, 1.82) is 0 Å². The van der Waals surface area contributed by atoms with Gasteiger partial charge in [-0.05, 0) is 37.2 Å². The molecule has 0 amide bonds. The van der Waals surface area contributed by atoms with E-state index in [1.54, 1.807) is 0 Å². The summed E-state index contributed by atoms with van der Waals surface area (Å²) < 4.78 is 6.02. The van der Waals surface area contributed by atoms with Gasteiger partial charge >= 0.3 is 0 Å². The molecule has 1 N–H and O–H groups in total. The summed E-state index contributed by atoms with van der Waals surface area (Å²) >= 11 is 0. The Labute approximate surface area is 109 Å². The average molecular weight is 243 g/mol. The molecular formula is C16H21NO. The smallest absolute Gasteiger partial charge is 0.0958 e. The van der Waals surface area contributed by atoms with Crippen LogP contribution >= 0.6 is 0 Å². The predicted octanol–water partition coefficient (Wildman–Crippen LogP) is 3.53. The summed E-state index contributed by atoms with van der Waals surface area (Å²) in [4.78, 5) is 0. The standard InChI is InChI=1S/C16H21NO/c1-12(2)18-16(11-17-3)15-10-6-8-13-7-4-5-9-14(13)15/h4-10,12,16-17H,11H2,1-3H3/t16-/m0/s1. The number of hydrogen-bond donors (Lipinski definition) is 1. The minimum atomic E-state index is 0.0982. The highest BCUT2D eigenvalue weighted by molar-refractivity contribution is 5.86. The number of nitrogens with one attached hydrogen (secondary N) is 1. The maximum atomic E-state index is 6.02. The molecule has 2 rings (SSSR count). The number of fused-ring (bicyclic) bond motifs is 1. The van der Waals surface area contributed by atoms with Crippen molar-refractivity contribution in [2.75, 3.05) is 13.6 Å². The van der Waals surface area contributed by atoms with Gasteiger partial charge in [0.25, 0.3) is 0 Å². The van der Waals surface area contributed by atoms with E-state index < -0.39 is 0 Å². The van der Waals surface area contributed by atoms with Crippen molar-refractivity contribution in [2.24, 2.45) is 0 Å². The van der Waals surface area contributed by atoms with E-state index in [9.17, 15) is 0 Å². The summed E-state index contributed by atoms with van der Waals surface area (Å²) in [5, 5.41) is 5.76. The van der Waals surface area contributed by atoms with Crippen molar-refractivity contribution in [1.82, 2.24) is 5.32 Å².